The Kier molecular flexibility index (Phi) is 10.7. The Morgan fingerprint density at radius 3 is 2.88 bits per heavy atom. The fourth-order valence-electron chi connectivity index (χ4n) is 2.41. The molecule has 25 heavy (non-hydrogen) atoms. The van der Waals surface area contributed by atoms with Crippen LogP contribution in [0.1, 0.15) is 20.3 Å². The van der Waals surface area contributed by atoms with Crippen LogP contribution < -0.4 is 10.0 Å². The Morgan fingerprint density at radius 2 is 2.24 bits per heavy atom. The third-order valence-corrected chi connectivity index (χ3v) is 7.88. The number of aliphatic imine (C=N–C) groups is 1. The van der Waals surface area contributed by atoms with Crippen LogP contribution in [0.2, 0.25) is 0 Å². The predicted molar refractivity (Wildman–Crippen MR) is 119 cm³/mol. The average Bonchev–Trinajstić information content (AvgIpc) is 3.13. The molecule has 6 nitrogen and oxygen atoms in total. The van der Waals surface area contributed by atoms with Crippen LogP contribution in [0.4, 0.5) is 0 Å². The lowest BCUT2D eigenvalue weighted by atomic mass is 10.3. The largest absolute Gasteiger partial charge is 0.357 e. The van der Waals surface area contributed by atoms with Crippen molar-refractivity contribution < 1.29 is 8.42 Å². The van der Waals surface area contributed by atoms with Gasteiger partial charge in [0.2, 0.25) is 10.0 Å². The maximum absolute atomic E-state index is 12.1. The number of rotatable bonds is 7. The van der Waals surface area contributed by atoms with E-state index >= 15 is 0 Å². The summed E-state index contributed by atoms with van der Waals surface area (Å²) in [5.74, 6) is 1.99. The number of guanidine groups is 1. The SMILES string of the molecule is CCNC(=NCCNS(=O)(=O)c1cccs1)N1CCSC(CC)C1.I. The van der Waals surface area contributed by atoms with Crippen LogP contribution >= 0.6 is 47.1 Å². The zero-order valence-electron chi connectivity index (χ0n) is 14.6. The molecule has 1 saturated heterocycles. The summed E-state index contributed by atoms with van der Waals surface area (Å²) in [5.41, 5.74) is 0. The second-order valence-corrected chi connectivity index (χ2v) is 9.76. The number of hydrogen-bond acceptors (Lipinski definition) is 5. The highest BCUT2D eigenvalue weighted by molar-refractivity contribution is 14.0. The van der Waals surface area contributed by atoms with Gasteiger partial charge in [0, 0.05) is 37.2 Å². The number of nitrogens with zero attached hydrogens (tertiary/aromatic N) is 2. The van der Waals surface area contributed by atoms with Crippen molar-refractivity contribution in [2.45, 2.75) is 29.7 Å². The molecule has 1 atom stereocenters. The molecule has 2 rings (SSSR count). The molecule has 1 aliphatic rings. The van der Waals surface area contributed by atoms with Crippen LogP contribution in [-0.2, 0) is 10.0 Å². The van der Waals surface area contributed by atoms with E-state index in [1.54, 1.807) is 17.5 Å². The molecule has 10 heteroatoms. The van der Waals surface area contributed by atoms with Gasteiger partial charge in [0.1, 0.15) is 4.21 Å². The second kappa shape index (κ2) is 11.6. The maximum atomic E-state index is 12.1. The van der Waals surface area contributed by atoms with Crippen molar-refractivity contribution in [2.75, 3.05) is 38.5 Å². The van der Waals surface area contributed by atoms with E-state index in [4.69, 9.17) is 0 Å². The van der Waals surface area contributed by atoms with Crippen molar-refractivity contribution in [3.63, 3.8) is 0 Å². The molecule has 1 fully saturated rings. The van der Waals surface area contributed by atoms with Crippen LogP contribution in [0.3, 0.4) is 0 Å². The lowest BCUT2D eigenvalue weighted by Gasteiger charge is -2.34. The smallest absolute Gasteiger partial charge is 0.250 e. The van der Waals surface area contributed by atoms with Crippen molar-refractivity contribution in [1.29, 1.82) is 0 Å². The van der Waals surface area contributed by atoms with E-state index < -0.39 is 10.0 Å². The fourth-order valence-corrected chi connectivity index (χ4v) is 5.65. The first-order chi connectivity index (χ1) is 11.6. The van der Waals surface area contributed by atoms with Crippen LogP contribution in [-0.4, -0.2) is 63.0 Å². The van der Waals surface area contributed by atoms with E-state index in [1.165, 1.54) is 11.3 Å². The lowest BCUT2D eigenvalue weighted by Crippen LogP contribution is -2.48. The molecule has 0 aliphatic carbocycles. The van der Waals surface area contributed by atoms with E-state index in [9.17, 15) is 8.42 Å². The molecule has 1 aromatic heterocycles. The highest BCUT2D eigenvalue weighted by Crippen LogP contribution is 2.21. The summed E-state index contributed by atoms with van der Waals surface area (Å²) >= 11 is 3.24. The normalized spacial score (nSPS) is 18.7. The first-order valence-electron chi connectivity index (χ1n) is 8.24. The molecule has 0 spiro atoms. The molecule has 0 amide bonds. The van der Waals surface area contributed by atoms with Gasteiger partial charge in [0.15, 0.2) is 5.96 Å². The highest BCUT2D eigenvalue weighted by Gasteiger charge is 2.21. The zero-order valence-corrected chi connectivity index (χ0v) is 19.4. The van der Waals surface area contributed by atoms with E-state index in [0.717, 1.165) is 37.8 Å². The predicted octanol–water partition coefficient (Wildman–Crippen LogP) is 2.44. The van der Waals surface area contributed by atoms with Gasteiger partial charge in [-0.3, -0.25) is 4.99 Å². The van der Waals surface area contributed by atoms with Gasteiger partial charge in [-0.15, -0.1) is 35.3 Å². The van der Waals surface area contributed by atoms with Crippen molar-refractivity contribution >= 4 is 63.1 Å². The van der Waals surface area contributed by atoms with E-state index in [1.807, 2.05) is 18.7 Å². The number of hydrogen-bond donors (Lipinski definition) is 2. The molecule has 0 saturated carbocycles. The molecule has 2 N–H and O–H groups in total. The Hall–Kier alpha value is -0.0400. The molecule has 1 aliphatic heterocycles. The van der Waals surface area contributed by atoms with Gasteiger partial charge in [0.25, 0.3) is 0 Å². The third-order valence-electron chi connectivity index (χ3n) is 3.65. The molecular formula is C15H27IN4O2S3. The van der Waals surface area contributed by atoms with E-state index in [0.29, 0.717) is 22.5 Å². The zero-order chi connectivity index (χ0) is 17.4. The number of nitrogens with one attached hydrogen (secondary N) is 2. The summed E-state index contributed by atoms with van der Waals surface area (Å²) in [5, 5.41) is 5.71. The summed E-state index contributed by atoms with van der Waals surface area (Å²) in [6, 6.07) is 3.34. The minimum absolute atomic E-state index is 0. The van der Waals surface area contributed by atoms with Crippen molar-refractivity contribution in [3.05, 3.63) is 17.5 Å². The lowest BCUT2D eigenvalue weighted by molar-refractivity contribution is 0.408. The van der Waals surface area contributed by atoms with Crippen LogP contribution in [0.15, 0.2) is 26.7 Å². The molecule has 0 aromatic carbocycles. The highest BCUT2D eigenvalue weighted by atomic mass is 127. The Labute approximate surface area is 176 Å². The molecule has 144 valence electrons. The first kappa shape index (κ1) is 23.0. The summed E-state index contributed by atoms with van der Waals surface area (Å²) in [4.78, 5) is 6.87. The monoisotopic (exact) mass is 518 g/mol. The second-order valence-electron chi connectivity index (χ2n) is 5.41. The fraction of sp³-hybridized carbons (Fsp3) is 0.667. The summed E-state index contributed by atoms with van der Waals surface area (Å²) in [6.45, 7) is 7.76. The third kappa shape index (κ3) is 7.24. The average molecular weight is 519 g/mol. The van der Waals surface area contributed by atoms with Gasteiger partial charge in [-0.25, -0.2) is 13.1 Å². The topological polar surface area (TPSA) is 73.8 Å². The Morgan fingerprint density at radius 1 is 1.44 bits per heavy atom. The minimum Gasteiger partial charge on any atom is -0.357 e. The van der Waals surface area contributed by atoms with E-state index in [2.05, 4.69) is 26.9 Å². The number of sulfonamides is 1. The van der Waals surface area contributed by atoms with Gasteiger partial charge in [-0.05, 0) is 24.8 Å². The summed E-state index contributed by atoms with van der Waals surface area (Å²) < 4.78 is 27.1. The molecule has 0 bridgehead atoms. The van der Waals surface area contributed by atoms with Crippen LogP contribution in [0.5, 0.6) is 0 Å². The van der Waals surface area contributed by atoms with Crippen molar-refractivity contribution in [3.8, 4) is 0 Å². The maximum Gasteiger partial charge on any atom is 0.250 e. The minimum atomic E-state index is -3.40. The summed E-state index contributed by atoms with van der Waals surface area (Å²) in [6.07, 6.45) is 1.15. The van der Waals surface area contributed by atoms with Gasteiger partial charge < -0.3 is 10.2 Å². The van der Waals surface area contributed by atoms with Crippen molar-refractivity contribution in [1.82, 2.24) is 14.9 Å². The van der Waals surface area contributed by atoms with Gasteiger partial charge in [0.05, 0.1) is 6.54 Å². The van der Waals surface area contributed by atoms with Crippen molar-refractivity contribution in [2.24, 2.45) is 4.99 Å². The quantitative estimate of drug-likeness (QED) is 0.251. The van der Waals surface area contributed by atoms with Crippen LogP contribution in [0.25, 0.3) is 0 Å². The molecule has 0 radical (unpaired) electrons. The number of thioether (sulfide) groups is 1. The van der Waals surface area contributed by atoms with Gasteiger partial charge in [-0.2, -0.15) is 11.8 Å². The molecule has 1 aromatic rings. The molecule has 2 heterocycles. The Bertz CT molecular complexity index is 623. The Balaban J connectivity index is 0.00000312. The standard InChI is InChI=1S/C15H26N4O2S3.HI/c1-3-13-12-19(9-11-22-13)15(16-4-2)17-7-8-18-24(20,21)14-6-5-10-23-14;/h5-6,10,13,18H,3-4,7-9,11-12H2,1-2H3,(H,16,17);1H. The summed E-state index contributed by atoms with van der Waals surface area (Å²) in [7, 11) is -3.40. The molecular weight excluding hydrogens is 491 g/mol. The van der Waals surface area contributed by atoms with E-state index in [-0.39, 0.29) is 24.0 Å². The van der Waals surface area contributed by atoms with Gasteiger partial charge in [-0.1, -0.05) is 13.0 Å². The number of thiophene rings is 1. The number of halogens is 1. The van der Waals surface area contributed by atoms with Gasteiger partial charge >= 0.3 is 0 Å². The molecule has 1 unspecified atom stereocenters. The van der Waals surface area contributed by atoms with Crippen LogP contribution in [0, 0.1) is 0 Å². The first-order valence-corrected chi connectivity index (χ1v) is 11.7.